The number of hydrogen-bond acceptors (Lipinski definition) is 4. The number of hydrogen-bond donors (Lipinski definition) is 0. The average molecular weight is 507 g/mol. The van der Waals surface area contributed by atoms with Gasteiger partial charge in [0.2, 0.25) is 11.8 Å². The summed E-state index contributed by atoms with van der Waals surface area (Å²) in [5.74, 6) is 3.31. The Morgan fingerprint density at radius 2 is 1.72 bits per heavy atom. The predicted octanol–water partition coefficient (Wildman–Crippen LogP) is 5.69. The van der Waals surface area contributed by atoms with Crippen LogP contribution in [-0.2, 0) is 16.0 Å². The second-order valence-corrected chi connectivity index (χ2v) is 12.7. The Labute approximate surface area is 218 Å². The quantitative estimate of drug-likeness (QED) is 0.485. The molecule has 1 aliphatic heterocycles. The SMILES string of the molecule is CCCN(CC(=O)N1CCc2sccc2C1c1ccc(OC)cc1)C(=O)C12CC3CC(CC(C3)C1)C2. The molecule has 36 heavy (non-hydrogen) atoms. The molecule has 5 nitrogen and oxygen atoms in total. The zero-order valence-electron chi connectivity index (χ0n) is 21.6. The van der Waals surface area contributed by atoms with Gasteiger partial charge in [0, 0.05) is 18.0 Å². The molecular formula is C30H38N2O3S. The number of fused-ring (bicyclic) bond motifs is 1. The number of benzene rings is 1. The molecule has 1 atom stereocenters. The highest BCUT2D eigenvalue weighted by Crippen LogP contribution is 2.60. The lowest BCUT2D eigenvalue weighted by Gasteiger charge is -2.56. The van der Waals surface area contributed by atoms with Crippen molar-refractivity contribution >= 4 is 23.2 Å². The first-order valence-electron chi connectivity index (χ1n) is 13.8. The maximum atomic E-state index is 14.1. The van der Waals surface area contributed by atoms with Crippen LogP contribution >= 0.6 is 11.3 Å². The summed E-state index contributed by atoms with van der Waals surface area (Å²) >= 11 is 1.78. The van der Waals surface area contributed by atoms with E-state index in [-0.39, 0.29) is 29.8 Å². The van der Waals surface area contributed by atoms with Gasteiger partial charge in [-0.15, -0.1) is 11.3 Å². The van der Waals surface area contributed by atoms with Gasteiger partial charge >= 0.3 is 0 Å². The van der Waals surface area contributed by atoms with Gasteiger partial charge in [0.1, 0.15) is 5.75 Å². The molecule has 6 heteroatoms. The monoisotopic (exact) mass is 506 g/mol. The fourth-order valence-corrected chi connectivity index (χ4v) is 9.12. The van der Waals surface area contributed by atoms with Crippen LogP contribution in [0.1, 0.15) is 73.9 Å². The van der Waals surface area contributed by atoms with Crippen LogP contribution in [0.3, 0.4) is 0 Å². The number of thiophene rings is 1. The summed E-state index contributed by atoms with van der Waals surface area (Å²) in [5, 5.41) is 2.13. The lowest BCUT2D eigenvalue weighted by atomic mass is 9.49. The smallest absolute Gasteiger partial charge is 0.242 e. The molecule has 4 bridgehead atoms. The van der Waals surface area contributed by atoms with Crippen LogP contribution in [0.25, 0.3) is 0 Å². The van der Waals surface area contributed by atoms with Gasteiger partial charge in [-0.2, -0.15) is 0 Å². The largest absolute Gasteiger partial charge is 0.497 e. The van der Waals surface area contributed by atoms with Gasteiger partial charge in [-0.1, -0.05) is 19.1 Å². The number of carbonyl (C=O) groups is 2. The highest BCUT2D eigenvalue weighted by Gasteiger charge is 2.55. The van der Waals surface area contributed by atoms with Gasteiger partial charge in [-0.05, 0) is 104 Å². The number of rotatable bonds is 7. The lowest BCUT2D eigenvalue weighted by molar-refractivity contribution is -0.160. The van der Waals surface area contributed by atoms with E-state index >= 15 is 0 Å². The Kier molecular flexibility index (Phi) is 6.35. The average Bonchev–Trinajstić information content (AvgIpc) is 3.36. The minimum Gasteiger partial charge on any atom is -0.497 e. The molecule has 4 saturated carbocycles. The summed E-state index contributed by atoms with van der Waals surface area (Å²) in [5.41, 5.74) is 2.11. The molecule has 0 spiro atoms. The molecule has 1 aromatic carbocycles. The summed E-state index contributed by atoms with van der Waals surface area (Å²) in [6.45, 7) is 3.66. The van der Waals surface area contributed by atoms with Gasteiger partial charge < -0.3 is 14.5 Å². The van der Waals surface area contributed by atoms with Crippen LogP contribution in [0.15, 0.2) is 35.7 Å². The maximum absolute atomic E-state index is 14.1. The summed E-state index contributed by atoms with van der Waals surface area (Å²) in [4.78, 5) is 33.4. The number of nitrogens with zero attached hydrogens (tertiary/aromatic N) is 2. The van der Waals surface area contributed by atoms with Crippen molar-refractivity contribution < 1.29 is 14.3 Å². The van der Waals surface area contributed by atoms with Crippen molar-refractivity contribution in [1.29, 1.82) is 0 Å². The lowest BCUT2D eigenvalue weighted by Crippen LogP contribution is -2.56. The molecule has 7 rings (SSSR count). The summed E-state index contributed by atoms with van der Waals surface area (Å²) in [6, 6.07) is 10.1. The van der Waals surface area contributed by atoms with Crippen LogP contribution in [0.2, 0.25) is 0 Å². The van der Waals surface area contributed by atoms with Gasteiger partial charge in [0.05, 0.1) is 25.1 Å². The Bertz CT molecular complexity index is 1090. The van der Waals surface area contributed by atoms with Crippen LogP contribution in [0, 0.1) is 23.2 Å². The van der Waals surface area contributed by atoms with Crippen molar-refractivity contribution in [3.8, 4) is 5.75 Å². The van der Waals surface area contributed by atoms with E-state index in [1.807, 2.05) is 21.9 Å². The maximum Gasteiger partial charge on any atom is 0.242 e. The Morgan fingerprint density at radius 3 is 2.33 bits per heavy atom. The second kappa shape index (κ2) is 9.51. The van der Waals surface area contributed by atoms with E-state index in [0.29, 0.717) is 13.1 Å². The molecule has 0 N–H and O–H groups in total. The van der Waals surface area contributed by atoms with Crippen molar-refractivity contribution in [2.75, 3.05) is 26.7 Å². The molecule has 1 unspecified atom stereocenters. The first kappa shape index (κ1) is 24.0. The second-order valence-electron chi connectivity index (χ2n) is 11.7. The Balaban J connectivity index is 1.25. The van der Waals surface area contributed by atoms with Crippen LogP contribution in [0.4, 0.5) is 0 Å². The van der Waals surface area contributed by atoms with E-state index in [2.05, 4.69) is 30.5 Å². The number of carbonyl (C=O) groups excluding carboxylic acids is 2. The van der Waals surface area contributed by atoms with Crippen molar-refractivity contribution in [2.24, 2.45) is 23.2 Å². The molecule has 192 valence electrons. The fraction of sp³-hybridized carbons (Fsp3) is 0.600. The van der Waals surface area contributed by atoms with Crippen LogP contribution < -0.4 is 4.74 Å². The fourth-order valence-electron chi connectivity index (χ4n) is 8.22. The van der Waals surface area contributed by atoms with E-state index < -0.39 is 0 Å². The van der Waals surface area contributed by atoms with Crippen LogP contribution in [-0.4, -0.2) is 48.4 Å². The molecule has 4 fully saturated rings. The minimum atomic E-state index is -0.206. The third kappa shape index (κ3) is 4.15. The van der Waals surface area contributed by atoms with E-state index in [0.717, 1.165) is 61.2 Å². The minimum absolute atomic E-state index is 0.0687. The topological polar surface area (TPSA) is 49.9 Å². The van der Waals surface area contributed by atoms with Crippen molar-refractivity contribution in [2.45, 2.75) is 64.3 Å². The van der Waals surface area contributed by atoms with Crippen molar-refractivity contribution in [3.05, 3.63) is 51.7 Å². The third-order valence-corrected chi connectivity index (χ3v) is 10.3. The van der Waals surface area contributed by atoms with Gasteiger partial charge in [-0.3, -0.25) is 9.59 Å². The van der Waals surface area contributed by atoms with Gasteiger partial charge in [0.15, 0.2) is 0 Å². The highest BCUT2D eigenvalue weighted by atomic mass is 32.1. The molecular weight excluding hydrogens is 468 g/mol. The number of ether oxygens (including phenoxy) is 1. The first-order valence-corrected chi connectivity index (χ1v) is 14.7. The van der Waals surface area contributed by atoms with E-state index in [4.69, 9.17) is 4.74 Å². The number of methoxy groups -OCH3 is 1. The highest BCUT2D eigenvalue weighted by molar-refractivity contribution is 7.10. The molecule has 2 aromatic rings. The molecule has 4 aliphatic carbocycles. The molecule has 2 heterocycles. The summed E-state index contributed by atoms with van der Waals surface area (Å²) in [6.07, 6.45) is 8.84. The zero-order valence-corrected chi connectivity index (χ0v) is 22.4. The Morgan fingerprint density at radius 1 is 1.06 bits per heavy atom. The normalized spacial score (nSPS) is 30.2. The Hall–Kier alpha value is -2.34. The predicted molar refractivity (Wildman–Crippen MR) is 142 cm³/mol. The molecule has 5 aliphatic rings. The van der Waals surface area contributed by atoms with E-state index in [1.165, 1.54) is 29.7 Å². The molecule has 0 radical (unpaired) electrons. The zero-order chi connectivity index (χ0) is 24.9. The number of amides is 2. The van der Waals surface area contributed by atoms with Crippen molar-refractivity contribution in [1.82, 2.24) is 9.80 Å². The molecule has 1 aromatic heterocycles. The van der Waals surface area contributed by atoms with E-state index in [1.54, 1.807) is 18.4 Å². The summed E-state index contributed by atoms with van der Waals surface area (Å²) < 4.78 is 5.37. The van der Waals surface area contributed by atoms with Gasteiger partial charge in [0.25, 0.3) is 0 Å². The van der Waals surface area contributed by atoms with Crippen molar-refractivity contribution in [3.63, 3.8) is 0 Å². The van der Waals surface area contributed by atoms with Gasteiger partial charge in [-0.25, -0.2) is 0 Å². The third-order valence-electron chi connectivity index (χ3n) is 9.32. The molecule has 2 amide bonds. The van der Waals surface area contributed by atoms with Crippen LogP contribution in [0.5, 0.6) is 5.75 Å². The first-order chi connectivity index (χ1) is 17.5. The van der Waals surface area contributed by atoms with E-state index in [9.17, 15) is 9.59 Å². The summed E-state index contributed by atoms with van der Waals surface area (Å²) in [7, 11) is 1.67. The standard InChI is InChI=1S/C30H38N2O3S/c1-3-10-31(29(34)30-16-20-13-21(17-30)15-22(14-20)18-30)19-27(33)32-11-8-26-25(9-12-36-26)28(32)23-4-6-24(35-2)7-5-23/h4-7,9,12,20-22,28H,3,8,10-11,13-19H2,1-2H3. The molecule has 0 saturated heterocycles.